The fraction of sp³-hybridized carbons (Fsp3) is 0.778. The number of nitrogens with one attached hydrogen (secondary N) is 1. The molecule has 0 bridgehead atoms. The normalized spacial score (nSPS) is 24.0. The van der Waals surface area contributed by atoms with Crippen LogP contribution in [0.1, 0.15) is 56.3 Å². The van der Waals surface area contributed by atoms with E-state index < -0.39 is 0 Å². The highest BCUT2D eigenvalue weighted by atomic mass is 16.5. The van der Waals surface area contributed by atoms with Gasteiger partial charge in [-0.1, -0.05) is 5.16 Å². The van der Waals surface area contributed by atoms with Gasteiger partial charge in [-0.05, 0) is 38.5 Å². The Labute approximate surface area is 152 Å². The molecule has 2 aliphatic heterocycles. The highest BCUT2D eigenvalue weighted by Gasteiger charge is 2.35. The Balaban J connectivity index is 1.17. The molecule has 3 heterocycles. The van der Waals surface area contributed by atoms with E-state index in [4.69, 9.17) is 9.26 Å². The van der Waals surface area contributed by atoms with E-state index in [1.54, 1.807) is 0 Å². The highest BCUT2D eigenvalue weighted by molar-refractivity contribution is 5.82. The van der Waals surface area contributed by atoms with Crippen molar-refractivity contribution in [3.8, 4) is 0 Å². The summed E-state index contributed by atoms with van der Waals surface area (Å²) in [6.45, 7) is 2.63. The molecule has 26 heavy (non-hydrogen) atoms. The zero-order valence-corrected chi connectivity index (χ0v) is 15.0. The molecule has 1 aromatic rings. The molecule has 3 aliphatic rings. The van der Waals surface area contributed by atoms with Crippen molar-refractivity contribution in [1.29, 1.82) is 0 Å². The van der Waals surface area contributed by atoms with E-state index in [-0.39, 0.29) is 29.8 Å². The summed E-state index contributed by atoms with van der Waals surface area (Å²) in [7, 11) is 0. The largest absolute Gasteiger partial charge is 0.368 e. The molecule has 3 fully saturated rings. The summed E-state index contributed by atoms with van der Waals surface area (Å²) in [5.41, 5.74) is 0. The lowest BCUT2D eigenvalue weighted by Crippen LogP contribution is -2.43. The molecule has 0 radical (unpaired) electrons. The van der Waals surface area contributed by atoms with Gasteiger partial charge in [0.15, 0.2) is 5.82 Å². The third-order valence-electron chi connectivity index (χ3n) is 5.44. The maximum absolute atomic E-state index is 12.3. The van der Waals surface area contributed by atoms with Gasteiger partial charge in [-0.3, -0.25) is 9.59 Å². The molecule has 142 valence electrons. The molecular weight excluding hydrogens is 336 g/mol. The number of hydrogen-bond donors (Lipinski definition) is 1. The molecule has 8 nitrogen and oxygen atoms in total. The third-order valence-corrected chi connectivity index (χ3v) is 5.44. The summed E-state index contributed by atoms with van der Waals surface area (Å²) in [6, 6.07) is 0. The van der Waals surface area contributed by atoms with Crippen LogP contribution in [0.25, 0.3) is 0 Å². The van der Waals surface area contributed by atoms with E-state index in [0.717, 1.165) is 45.1 Å². The van der Waals surface area contributed by atoms with Crippen LogP contribution in [-0.4, -0.2) is 53.1 Å². The van der Waals surface area contributed by atoms with Crippen LogP contribution >= 0.6 is 0 Å². The van der Waals surface area contributed by atoms with Crippen molar-refractivity contribution in [1.82, 2.24) is 20.4 Å². The fourth-order valence-corrected chi connectivity index (χ4v) is 3.66. The van der Waals surface area contributed by atoms with Gasteiger partial charge in [0.2, 0.25) is 11.8 Å². The van der Waals surface area contributed by atoms with Crippen molar-refractivity contribution >= 4 is 11.8 Å². The van der Waals surface area contributed by atoms with Crippen LogP contribution in [0.15, 0.2) is 4.52 Å². The lowest BCUT2D eigenvalue weighted by molar-refractivity contribution is -0.136. The lowest BCUT2D eigenvalue weighted by Gasteiger charge is -2.31. The van der Waals surface area contributed by atoms with E-state index in [0.29, 0.717) is 37.8 Å². The van der Waals surface area contributed by atoms with Crippen molar-refractivity contribution in [2.24, 2.45) is 11.8 Å². The first-order valence-electron chi connectivity index (χ1n) is 9.71. The number of aromatic nitrogens is 2. The van der Waals surface area contributed by atoms with Gasteiger partial charge in [0.25, 0.3) is 5.89 Å². The number of ether oxygens (including phenoxy) is 1. The van der Waals surface area contributed by atoms with Crippen LogP contribution in [-0.2, 0) is 20.7 Å². The van der Waals surface area contributed by atoms with Gasteiger partial charge in [0, 0.05) is 44.5 Å². The second-order valence-corrected chi connectivity index (χ2v) is 7.47. The van der Waals surface area contributed by atoms with Gasteiger partial charge >= 0.3 is 0 Å². The Morgan fingerprint density at radius 3 is 2.62 bits per heavy atom. The molecule has 1 N–H and O–H groups in total. The molecule has 2 amide bonds. The van der Waals surface area contributed by atoms with Gasteiger partial charge in [-0.2, -0.15) is 4.98 Å². The summed E-state index contributed by atoms with van der Waals surface area (Å²) in [4.78, 5) is 30.7. The molecule has 1 aliphatic carbocycles. The van der Waals surface area contributed by atoms with Gasteiger partial charge in [0.05, 0.1) is 0 Å². The summed E-state index contributed by atoms with van der Waals surface area (Å²) in [5, 5.41) is 6.92. The maximum atomic E-state index is 12.3. The Kier molecular flexibility index (Phi) is 5.19. The number of carbonyl (C=O) groups excluding carboxylic acids is 2. The van der Waals surface area contributed by atoms with Crippen LogP contribution in [0.2, 0.25) is 0 Å². The number of hydrogen-bond acceptors (Lipinski definition) is 6. The number of nitrogens with zero attached hydrogens (tertiary/aromatic N) is 3. The van der Waals surface area contributed by atoms with Crippen molar-refractivity contribution in [2.45, 2.75) is 51.0 Å². The van der Waals surface area contributed by atoms with Gasteiger partial charge in [-0.25, -0.2) is 0 Å². The zero-order valence-electron chi connectivity index (χ0n) is 15.0. The molecule has 1 saturated carbocycles. The topological polar surface area (TPSA) is 97.6 Å². The highest BCUT2D eigenvalue weighted by Crippen LogP contribution is 2.32. The predicted molar refractivity (Wildman–Crippen MR) is 91.0 cm³/mol. The average molecular weight is 362 g/mol. The first kappa shape index (κ1) is 17.5. The molecule has 0 unspecified atom stereocenters. The van der Waals surface area contributed by atoms with Crippen LogP contribution in [0.4, 0.5) is 0 Å². The number of likely N-dealkylation sites (tertiary alicyclic amines) is 1. The Morgan fingerprint density at radius 1 is 1.12 bits per heavy atom. The number of piperidine rings is 1. The molecule has 1 aromatic heterocycles. The van der Waals surface area contributed by atoms with E-state index >= 15 is 0 Å². The Hall–Kier alpha value is -1.96. The molecule has 1 atom stereocenters. The van der Waals surface area contributed by atoms with Crippen LogP contribution in [0.5, 0.6) is 0 Å². The van der Waals surface area contributed by atoms with Crippen molar-refractivity contribution in [3.05, 3.63) is 11.7 Å². The van der Waals surface area contributed by atoms with Crippen LogP contribution < -0.4 is 5.32 Å². The summed E-state index contributed by atoms with van der Waals surface area (Å²) in [5.74, 6) is 1.73. The van der Waals surface area contributed by atoms with E-state index in [1.165, 1.54) is 0 Å². The quantitative estimate of drug-likeness (QED) is 0.817. The SMILES string of the molecule is O=C(NCCc1noc([C@@H]2CCCO2)n1)C1CCN(C(=O)C2CC2)CC1. The van der Waals surface area contributed by atoms with Crippen molar-refractivity contribution < 1.29 is 18.8 Å². The smallest absolute Gasteiger partial charge is 0.255 e. The monoisotopic (exact) mass is 362 g/mol. The van der Waals surface area contributed by atoms with Gasteiger partial charge < -0.3 is 19.5 Å². The third kappa shape index (κ3) is 4.06. The van der Waals surface area contributed by atoms with Crippen LogP contribution in [0, 0.1) is 11.8 Å². The van der Waals surface area contributed by atoms with Gasteiger partial charge in [-0.15, -0.1) is 0 Å². The minimum Gasteiger partial charge on any atom is -0.368 e. The predicted octanol–water partition coefficient (Wildman–Crippen LogP) is 1.23. The number of rotatable bonds is 6. The number of carbonyl (C=O) groups is 2. The Bertz CT molecular complexity index is 643. The summed E-state index contributed by atoms with van der Waals surface area (Å²) in [6.07, 6.45) is 5.96. The summed E-state index contributed by atoms with van der Waals surface area (Å²) >= 11 is 0. The fourth-order valence-electron chi connectivity index (χ4n) is 3.66. The summed E-state index contributed by atoms with van der Waals surface area (Å²) < 4.78 is 10.8. The maximum Gasteiger partial charge on any atom is 0.255 e. The van der Waals surface area contributed by atoms with Crippen molar-refractivity contribution in [3.63, 3.8) is 0 Å². The molecule has 8 heteroatoms. The van der Waals surface area contributed by atoms with E-state index in [1.807, 2.05) is 4.90 Å². The second kappa shape index (κ2) is 7.73. The zero-order chi connectivity index (χ0) is 17.9. The molecular formula is C18H26N4O4. The molecule has 4 rings (SSSR count). The van der Waals surface area contributed by atoms with Crippen LogP contribution in [0.3, 0.4) is 0 Å². The second-order valence-electron chi connectivity index (χ2n) is 7.47. The number of amides is 2. The van der Waals surface area contributed by atoms with Gasteiger partial charge in [0.1, 0.15) is 6.10 Å². The minimum absolute atomic E-state index is 0.00836. The first-order valence-corrected chi connectivity index (χ1v) is 9.71. The van der Waals surface area contributed by atoms with E-state index in [9.17, 15) is 9.59 Å². The minimum atomic E-state index is -0.0747. The van der Waals surface area contributed by atoms with E-state index in [2.05, 4.69) is 15.5 Å². The van der Waals surface area contributed by atoms with Crippen molar-refractivity contribution in [2.75, 3.05) is 26.2 Å². The Morgan fingerprint density at radius 2 is 1.92 bits per heavy atom. The first-order chi connectivity index (χ1) is 12.7. The molecule has 2 saturated heterocycles. The lowest BCUT2D eigenvalue weighted by atomic mass is 9.95. The average Bonchev–Trinajstić information content (AvgIpc) is 3.17. The molecule has 0 spiro atoms. The molecule has 0 aromatic carbocycles. The standard InChI is InChI=1S/C18H26N4O4/c23-16(12-6-9-22(10-7-12)18(24)13-3-4-13)19-8-5-15-20-17(26-21-15)14-2-1-11-25-14/h12-14H,1-11H2,(H,19,23)/t14-/m0/s1.